The Morgan fingerprint density at radius 3 is 2.45 bits per heavy atom. The second-order valence-corrected chi connectivity index (χ2v) is 6.78. The Hall–Kier alpha value is -2.04. The van der Waals surface area contributed by atoms with Gasteiger partial charge < -0.3 is 9.84 Å². The molecule has 1 amide bonds. The third kappa shape index (κ3) is 4.23. The number of carbonyl (C=O) groups is 2. The first-order valence-electron chi connectivity index (χ1n) is 7.52. The van der Waals surface area contributed by atoms with Crippen molar-refractivity contribution < 1.29 is 19.4 Å². The van der Waals surface area contributed by atoms with E-state index in [0.717, 1.165) is 12.0 Å². The normalized spacial score (nSPS) is 21.7. The summed E-state index contributed by atoms with van der Waals surface area (Å²) < 4.78 is 5.32. The molecule has 5 heteroatoms. The maximum Gasteiger partial charge on any atom is 0.411 e. The number of carboxylic acids is 1. The number of carbonyl (C=O) groups excluding carboxylic acids is 1. The summed E-state index contributed by atoms with van der Waals surface area (Å²) in [6, 6.07) is 9.11. The van der Waals surface area contributed by atoms with Crippen molar-refractivity contribution in [3.05, 3.63) is 35.9 Å². The van der Waals surface area contributed by atoms with Crippen molar-refractivity contribution in [2.24, 2.45) is 5.92 Å². The van der Waals surface area contributed by atoms with Gasteiger partial charge in [-0.25, -0.2) is 9.59 Å². The maximum absolute atomic E-state index is 12.2. The van der Waals surface area contributed by atoms with Crippen LogP contribution in [0.3, 0.4) is 0 Å². The number of ether oxygens (including phenoxy) is 1. The van der Waals surface area contributed by atoms with Crippen LogP contribution in [0.2, 0.25) is 0 Å². The highest BCUT2D eigenvalue weighted by atomic mass is 16.6. The second kappa shape index (κ2) is 6.38. The third-order valence-corrected chi connectivity index (χ3v) is 3.67. The SMILES string of the molecule is CC(C)(C)OC(=O)N1C[C@H](Cc2ccccc2)C[C@H]1C(=O)O. The number of rotatable bonds is 3. The van der Waals surface area contributed by atoms with Crippen LogP contribution in [0.4, 0.5) is 4.79 Å². The number of likely N-dealkylation sites (tertiary alicyclic amines) is 1. The average molecular weight is 305 g/mol. The highest BCUT2D eigenvalue weighted by Gasteiger charge is 2.41. The Morgan fingerprint density at radius 1 is 1.27 bits per heavy atom. The monoisotopic (exact) mass is 305 g/mol. The molecular weight excluding hydrogens is 282 g/mol. The van der Waals surface area contributed by atoms with Crippen molar-refractivity contribution in [3.63, 3.8) is 0 Å². The molecule has 1 aromatic rings. The molecule has 1 heterocycles. The number of hydrogen-bond acceptors (Lipinski definition) is 3. The van der Waals surface area contributed by atoms with Gasteiger partial charge in [-0.2, -0.15) is 0 Å². The molecule has 1 aliphatic heterocycles. The van der Waals surface area contributed by atoms with Gasteiger partial charge in [-0.15, -0.1) is 0 Å². The van der Waals surface area contributed by atoms with Crippen molar-refractivity contribution in [3.8, 4) is 0 Å². The predicted octanol–water partition coefficient (Wildman–Crippen LogP) is 2.94. The van der Waals surface area contributed by atoms with E-state index in [-0.39, 0.29) is 5.92 Å². The van der Waals surface area contributed by atoms with E-state index in [9.17, 15) is 14.7 Å². The van der Waals surface area contributed by atoms with Crippen molar-refractivity contribution >= 4 is 12.1 Å². The van der Waals surface area contributed by atoms with E-state index in [1.807, 2.05) is 30.3 Å². The van der Waals surface area contributed by atoms with Crippen molar-refractivity contribution in [1.82, 2.24) is 4.90 Å². The second-order valence-electron chi connectivity index (χ2n) is 6.78. The van der Waals surface area contributed by atoms with Crippen molar-refractivity contribution in [1.29, 1.82) is 0 Å². The minimum Gasteiger partial charge on any atom is -0.480 e. The minimum atomic E-state index is -0.971. The van der Waals surface area contributed by atoms with Crippen LogP contribution in [0.25, 0.3) is 0 Å². The summed E-state index contributed by atoms with van der Waals surface area (Å²) in [7, 11) is 0. The fourth-order valence-electron chi connectivity index (χ4n) is 2.77. The molecule has 1 N–H and O–H groups in total. The van der Waals surface area contributed by atoms with E-state index >= 15 is 0 Å². The van der Waals surface area contributed by atoms with Crippen LogP contribution >= 0.6 is 0 Å². The van der Waals surface area contributed by atoms with Crippen molar-refractivity contribution in [2.45, 2.75) is 45.3 Å². The molecule has 0 aliphatic carbocycles. The molecule has 2 rings (SSSR count). The molecule has 1 aromatic carbocycles. The van der Waals surface area contributed by atoms with Gasteiger partial charge in [0.05, 0.1) is 0 Å². The van der Waals surface area contributed by atoms with Gasteiger partial charge in [0.15, 0.2) is 0 Å². The van der Waals surface area contributed by atoms with Crippen molar-refractivity contribution in [2.75, 3.05) is 6.54 Å². The summed E-state index contributed by atoms with van der Waals surface area (Å²) in [6.45, 7) is 5.75. The molecule has 1 saturated heterocycles. The molecule has 22 heavy (non-hydrogen) atoms. The zero-order valence-electron chi connectivity index (χ0n) is 13.3. The van der Waals surface area contributed by atoms with Gasteiger partial charge >= 0.3 is 12.1 Å². The van der Waals surface area contributed by atoms with Gasteiger partial charge in [0.2, 0.25) is 0 Å². The Balaban J connectivity index is 2.06. The smallest absolute Gasteiger partial charge is 0.411 e. The lowest BCUT2D eigenvalue weighted by Gasteiger charge is -2.26. The molecular formula is C17H23NO4. The lowest BCUT2D eigenvalue weighted by atomic mass is 9.97. The molecule has 0 spiro atoms. The molecule has 0 aromatic heterocycles. The minimum absolute atomic E-state index is 0.135. The zero-order valence-corrected chi connectivity index (χ0v) is 13.3. The Morgan fingerprint density at radius 2 is 1.91 bits per heavy atom. The summed E-state index contributed by atoms with van der Waals surface area (Å²) in [5, 5.41) is 9.37. The average Bonchev–Trinajstić information content (AvgIpc) is 2.82. The lowest BCUT2D eigenvalue weighted by molar-refractivity contribution is -0.142. The molecule has 2 atom stereocenters. The van der Waals surface area contributed by atoms with E-state index in [4.69, 9.17) is 4.74 Å². The van der Waals surface area contributed by atoms with Gasteiger partial charge in [0.1, 0.15) is 11.6 Å². The van der Waals surface area contributed by atoms with Gasteiger partial charge in [-0.05, 0) is 45.1 Å². The fourth-order valence-corrected chi connectivity index (χ4v) is 2.77. The number of nitrogens with zero attached hydrogens (tertiary/aromatic N) is 1. The molecule has 0 radical (unpaired) electrons. The summed E-state index contributed by atoms with van der Waals surface area (Å²) >= 11 is 0. The largest absolute Gasteiger partial charge is 0.480 e. The number of carboxylic acid groups (broad SMARTS) is 1. The fraction of sp³-hybridized carbons (Fsp3) is 0.529. The Labute approximate surface area is 130 Å². The standard InChI is InChI=1S/C17H23NO4/c1-17(2,3)22-16(21)18-11-13(10-14(18)15(19)20)9-12-7-5-4-6-8-12/h4-8,13-14H,9-11H2,1-3H3,(H,19,20)/t13-,14+/m1/s1. The van der Waals surface area contributed by atoms with Crippen LogP contribution in [0.15, 0.2) is 30.3 Å². The highest BCUT2D eigenvalue weighted by Crippen LogP contribution is 2.28. The van der Waals surface area contributed by atoms with Crippen LogP contribution in [0, 0.1) is 5.92 Å². The van der Waals surface area contributed by atoms with Gasteiger partial charge in [-0.3, -0.25) is 4.90 Å². The van der Waals surface area contributed by atoms with E-state index in [0.29, 0.717) is 13.0 Å². The van der Waals surface area contributed by atoms with Crippen LogP contribution in [-0.4, -0.2) is 40.3 Å². The number of aliphatic carboxylic acids is 1. The van der Waals surface area contributed by atoms with Crippen LogP contribution in [0.5, 0.6) is 0 Å². The number of amides is 1. The molecule has 0 bridgehead atoms. The quantitative estimate of drug-likeness (QED) is 0.932. The van der Waals surface area contributed by atoms with E-state index in [1.54, 1.807) is 20.8 Å². The molecule has 1 aliphatic rings. The van der Waals surface area contributed by atoms with E-state index < -0.39 is 23.7 Å². The predicted molar refractivity (Wildman–Crippen MR) is 82.6 cm³/mol. The van der Waals surface area contributed by atoms with Crippen LogP contribution in [-0.2, 0) is 16.0 Å². The van der Waals surface area contributed by atoms with Crippen LogP contribution < -0.4 is 0 Å². The zero-order chi connectivity index (χ0) is 16.3. The molecule has 120 valence electrons. The van der Waals surface area contributed by atoms with Crippen LogP contribution in [0.1, 0.15) is 32.8 Å². The summed E-state index contributed by atoms with van der Waals surface area (Å²) in [6.07, 6.45) is 0.684. The first-order chi connectivity index (χ1) is 10.3. The highest BCUT2D eigenvalue weighted by molar-refractivity contribution is 5.81. The number of benzene rings is 1. The van der Waals surface area contributed by atoms with E-state index in [1.165, 1.54) is 4.90 Å². The van der Waals surface area contributed by atoms with Gasteiger partial charge in [0.25, 0.3) is 0 Å². The number of hydrogen-bond donors (Lipinski definition) is 1. The summed E-state index contributed by atoms with van der Waals surface area (Å²) in [5.41, 5.74) is 0.528. The molecule has 0 saturated carbocycles. The molecule has 5 nitrogen and oxygen atoms in total. The Kier molecular flexibility index (Phi) is 4.74. The Bertz CT molecular complexity index is 535. The van der Waals surface area contributed by atoms with E-state index in [2.05, 4.69) is 0 Å². The first-order valence-corrected chi connectivity index (χ1v) is 7.52. The van der Waals surface area contributed by atoms with Gasteiger partial charge in [0, 0.05) is 6.54 Å². The third-order valence-electron chi connectivity index (χ3n) is 3.67. The lowest BCUT2D eigenvalue weighted by Crippen LogP contribution is -2.43. The molecule has 1 fully saturated rings. The maximum atomic E-state index is 12.2. The molecule has 0 unspecified atom stereocenters. The summed E-state index contributed by atoms with van der Waals surface area (Å²) in [5.74, 6) is -0.836. The van der Waals surface area contributed by atoms with Gasteiger partial charge in [-0.1, -0.05) is 30.3 Å². The topological polar surface area (TPSA) is 66.8 Å². The first kappa shape index (κ1) is 16.3. The summed E-state index contributed by atoms with van der Waals surface area (Å²) in [4.78, 5) is 25.0.